The summed E-state index contributed by atoms with van der Waals surface area (Å²) in [7, 11) is 0. The minimum atomic E-state index is -0.168. The van der Waals surface area contributed by atoms with Crippen molar-refractivity contribution >= 4 is 40.0 Å². The van der Waals surface area contributed by atoms with Crippen molar-refractivity contribution in [3.63, 3.8) is 0 Å². The summed E-state index contributed by atoms with van der Waals surface area (Å²) < 4.78 is 0.735. The molecular formula is C17H19N5O2S2. The van der Waals surface area contributed by atoms with Gasteiger partial charge >= 0.3 is 0 Å². The fourth-order valence-electron chi connectivity index (χ4n) is 3.46. The fraction of sp³-hybridized carbons (Fsp3) is 0.412. The van der Waals surface area contributed by atoms with Gasteiger partial charge in [0.05, 0.1) is 0 Å². The quantitative estimate of drug-likeness (QED) is 0.679. The summed E-state index contributed by atoms with van der Waals surface area (Å²) in [5.41, 5.74) is 0.660. The van der Waals surface area contributed by atoms with Gasteiger partial charge in [0, 0.05) is 35.5 Å². The zero-order chi connectivity index (χ0) is 18.1. The third kappa shape index (κ3) is 3.89. The summed E-state index contributed by atoms with van der Waals surface area (Å²) in [5.74, 6) is -0.191. The molecule has 0 radical (unpaired) electrons. The van der Waals surface area contributed by atoms with Gasteiger partial charge in [-0.3, -0.25) is 9.59 Å². The van der Waals surface area contributed by atoms with Gasteiger partial charge in [0.25, 0.3) is 5.91 Å². The molecule has 2 saturated heterocycles. The Labute approximate surface area is 159 Å². The maximum absolute atomic E-state index is 12.4. The average Bonchev–Trinajstić information content (AvgIpc) is 3.32. The van der Waals surface area contributed by atoms with Gasteiger partial charge in [-0.2, -0.15) is 0 Å². The van der Waals surface area contributed by atoms with E-state index in [0.717, 1.165) is 22.1 Å². The number of hydrogen-bond acceptors (Lipinski definition) is 7. The number of amides is 2. The van der Waals surface area contributed by atoms with Crippen LogP contribution in [0.5, 0.6) is 0 Å². The van der Waals surface area contributed by atoms with Crippen molar-refractivity contribution in [1.29, 1.82) is 0 Å². The lowest BCUT2D eigenvalue weighted by molar-refractivity contribution is -0.114. The highest BCUT2D eigenvalue weighted by Crippen LogP contribution is 2.32. The maximum atomic E-state index is 12.4. The number of aromatic nitrogens is 2. The van der Waals surface area contributed by atoms with Crippen LogP contribution in [0.15, 0.2) is 33.5 Å². The third-order valence-electron chi connectivity index (χ3n) is 4.63. The molecule has 3 heterocycles. The Balaban J connectivity index is 1.35. The van der Waals surface area contributed by atoms with E-state index in [2.05, 4.69) is 26.1 Å². The summed E-state index contributed by atoms with van der Waals surface area (Å²) in [4.78, 5) is 24.4. The molecule has 0 saturated carbocycles. The first-order valence-electron chi connectivity index (χ1n) is 8.53. The lowest BCUT2D eigenvalue weighted by Crippen LogP contribution is -2.42. The predicted octanol–water partition coefficient (Wildman–Crippen LogP) is 2.27. The largest absolute Gasteiger partial charge is 0.348 e. The Morgan fingerprint density at radius 3 is 2.69 bits per heavy atom. The van der Waals surface area contributed by atoms with E-state index in [1.165, 1.54) is 36.4 Å². The molecule has 2 aromatic rings. The van der Waals surface area contributed by atoms with Gasteiger partial charge in [-0.15, -0.1) is 10.2 Å². The van der Waals surface area contributed by atoms with Gasteiger partial charge in [0.1, 0.15) is 0 Å². The fourth-order valence-corrected chi connectivity index (χ4v) is 5.23. The summed E-state index contributed by atoms with van der Waals surface area (Å²) in [6.45, 7) is 1.44. The first-order chi connectivity index (χ1) is 12.6. The normalized spacial score (nSPS) is 23.8. The van der Waals surface area contributed by atoms with Crippen LogP contribution < -0.4 is 16.0 Å². The highest BCUT2D eigenvalue weighted by molar-refractivity contribution is 8.01. The standard InChI is InChI=1S/C17H19N5O2S2/c1-9(23)18-16-21-22-17(26-16)25-12-5-2-10(3-6-12)15(24)20-14-8-11-4-7-13(14)19-11/h2-3,5-6,11,13-14,19H,4,7-8H2,1H3,(H,20,24)(H,18,21,23)/t11-,13+,14-/m1/s1. The first-order valence-corrected chi connectivity index (χ1v) is 10.2. The summed E-state index contributed by atoms with van der Waals surface area (Å²) in [5, 5.41) is 17.7. The molecule has 2 bridgehead atoms. The van der Waals surface area contributed by atoms with E-state index in [0.29, 0.717) is 22.8 Å². The van der Waals surface area contributed by atoms with Crippen LogP contribution in [0.25, 0.3) is 0 Å². The zero-order valence-electron chi connectivity index (χ0n) is 14.2. The summed E-state index contributed by atoms with van der Waals surface area (Å²) in [6.07, 6.45) is 3.39. The second-order valence-corrected chi connectivity index (χ2v) is 8.84. The SMILES string of the molecule is CC(=O)Nc1nnc(Sc2ccc(C(=O)N[C@@H]3C[C@H]4CC[C@@H]3N4)cc2)s1. The number of anilines is 1. The average molecular weight is 390 g/mol. The molecule has 1 aromatic carbocycles. The molecule has 2 aliphatic heterocycles. The van der Waals surface area contributed by atoms with Gasteiger partial charge in [-0.25, -0.2) is 0 Å². The van der Waals surface area contributed by atoms with Crippen molar-refractivity contribution in [1.82, 2.24) is 20.8 Å². The number of rotatable bonds is 5. The van der Waals surface area contributed by atoms with E-state index in [4.69, 9.17) is 0 Å². The Kier molecular flexibility index (Phi) is 4.92. The van der Waals surface area contributed by atoms with Gasteiger partial charge in [-0.05, 0) is 43.5 Å². The molecule has 7 nitrogen and oxygen atoms in total. The predicted molar refractivity (Wildman–Crippen MR) is 101 cm³/mol. The molecule has 0 spiro atoms. The summed E-state index contributed by atoms with van der Waals surface area (Å²) >= 11 is 2.77. The van der Waals surface area contributed by atoms with E-state index < -0.39 is 0 Å². The van der Waals surface area contributed by atoms with E-state index in [-0.39, 0.29) is 17.9 Å². The Morgan fingerprint density at radius 2 is 2.04 bits per heavy atom. The van der Waals surface area contributed by atoms with Crippen molar-refractivity contribution in [2.45, 2.75) is 53.5 Å². The second-order valence-electron chi connectivity index (χ2n) is 6.54. The molecular weight excluding hydrogens is 370 g/mol. The minimum absolute atomic E-state index is 0.0234. The van der Waals surface area contributed by atoms with Crippen molar-refractivity contribution in [2.24, 2.45) is 0 Å². The van der Waals surface area contributed by atoms with E-state index in [1.807, 2.05) is 24.3 Å². The Morgan fingerprint density at radius 1 is 1.23 bits per heavy atom. The van der Waals surface area contributed by atoms with Crippen LogP contribution in [-0.2, 0) is 4.79 Å². The monoisotopic (exact) mass is 389 g/mol. The molecule has 4 rings (SSSR count). The second kappa shape index (κ2) is 7.34. The van der Waals surface area contributed by atoms with Crippen LogP contribution in [-0.4, -0.2) is 40.1 Å². The van der Waals surface area contributed by atoms with Gasteiger partial charge < -0.3 is 16.0 Å². The topological polar surface area (TPSA) is 96.0 Å². The number of carbonyl (C=O) groups is 2. The highest BCUT2D eigenvalue weighted by Gasteiger charge is 2.39. The van der Waals surface area contributed by atoms with Crippen LogP contribution in [0.1, 0.15) is 36.5 Å². The Bertz CT molecular complexity index is 823. The van der Waals surface area contributed by atoms with Crippen LogP contribution in [0.2, 0.25) is 0 Å². The van der Waals surface area contributed by atoms with E-state index in [1.54, 1.807) is 0 Å². The smallest absolute Gasteiger partial charge is 0.251 e. The molecule has 2 aliphatic rings. The van der Waals surface area contributed by atoms with Crippen LogP contribution in [0.4, 0.5) is 5.13 Å². The molecule has 0 aliphatic carbocycles. The maximum Gasteiger partial charge on any atom is 0.251 e. The lowest BCUT2D eigenvalue weighted by Gasteiger charge is -2.21. The molecule has 1 aromatic heterocycles. The van der Waals surface area contributed by atoms with E-state index >= 15 is 0 Å². The molecule has 2 amide bonds. The van der Waals surface area contributed by atoms with Crippen LogP contribution in [0, 0.1) is 0 Å². The number of benzene rings is 1. The summed E-state index contributed by atoms with van der Waals surface area (Å²) in [6, 6.07) is 8.69. The molecule has 136 valence electrons. The molecule has 3 N–H and O–H groups in total. The van der Waals surface area contributed by atoms with Crippen LogP contribution in [0.3, 0.4) is 0 Å². The van der Waals surface area contributed by atoms with Gasteiger partial charge in [-0.1, -0.05) is 23.1 Å². The number of nitrogens with one attached hydrogen (secondary N) is 3. The van der Waals surface area contributed by atoms with Crippen molar-refractivity contribution in [3.05, 3.63) is 29.8 Å². The molecule has 0 unspecified atom stereocenters. The van der Waals surface area contributed by atoms with E-state index in [9.17, 15) is 9.59 Å². The third-order valence-corrected chi connectivity index (χ3v) is 6.53. The van der Waals surface area contributed by atoms with Crippen LogP contribution >= 0.6 is 23.1 Å². The minimum Gasteiger partial charge on any atom is -0.348 e. The molecule has 26 heavy (non-hydrogen) atoms. The molecule has 3 atom stereocenters. The highest BCUT2D eigenvalue weighted by atomic mass is 32.2. The number of fused-ring (bicyclic) bond motifs is 2. The van der Waals surface area contributed by atoms with Gasteiger partial charge in [0.2, 0.25) is 11.0 Å². The number of carbonyl (C=O) groups excluding carboxylic acids is 2. The van der Waals surface area contributed by atoms with Crippen molar-refractivity contribution in [3.8, 4) is 0 Å². The van der Waals surface area contributed by atoms with Crippen molar-refractivity contribution < 1.29 is 9.59 Å². The lowest BCUT2D eigenvalue weighted by atomic mass is 9.95. The first kappa shape index (κ1) is 17.4. The Hall–Kier alpha value is -1.97. The van der Waals surface area contributed by atoms with Crippen molar-refractivity contribution in [2.75, 3.05) is 5.32 Å². The molecule has 2 fully saturated rings. The molecule has 9 heteroatoms. The van der Waals surface area contributed by atoms with Gasteiger partial charge in [0.15, 0.2) is 4.34 Å². The zero-order valence-corrected chi connectivity index (χ0v) is 15.8. The number of hydrogen-bond donors (Lipinski definition) is 3. The number of nitrogens with zero attached hydrogens (tertiary/aromatic N) is 2.